The van der Waals surface area contributed by atoms with Crippen LogP contribution in [0.5, 0.6) is 0 Å². The Labute approximate surface area is 57.9 Å². The van der Waals surface area contributed by atoms with Crippen LogP contribution in [0.15, 0.2) is 0 Å². The molecule has 0 aromatic rings. The van der Waals surface area contributed by atoms with Crippen molar-refractivity contribution < 1.29 is 24.9 Å². The summed E-state index contributed by atoms with van der Waals surface area (Å²) in [5.41, 5.74) is 0. The second-order valence-electron chi connectivity index (χ2n) is 1.36. The summed E-state index contributed by atoms with van der Waals surface area (Å²) in [5, 5.41) is 23.3. The standard InChI is InChI=1S/C3H6O3.C2H4O2/c1-2(4)3(5)6;3-1-2-4/h2,4H,1H3,(H,5,6);1,4H,2H2. The molecule has 10 heavy (non-hydrogen) atoms. The molecule has 0 saturated carbocycles. The third-order valence-corrected chi connectivity index (χ3v) is 0.432. The number of hydrogen-bond donors (Lipinski definition) is 3. The average Bonchev–Trinajstić information content (AvgIpc) is 1.89. The van der Waals surface area contributed by atoms with Crippen molar-refractivity contribution in [1.82, 2.24) is 0 Å². The Morgan fingerprint density at radius 2 is 1.90 bits per heavy atom. The van der Waals surface area contributed by atoms with Crippen LogP contribution in [0, 0.1) is 0 Å². The fourth-order valence-electron chi connectivity index (χ4n) is 0. The first-order chi connectivity index (χ1) is 4.56. The second kappa shape index (κ2) is 8.06. The van der Waals surface area contributed by atoms with E-state index in [2.05, 4.69) is 0 Å². The molecule has 0 rings (SSSR count). The van der Waals surface area contributed by atoms with Crippen LogP contribution in [0.2, 0.25) is 0 Å². The van der Waals surface area contributed by atoms with E-state index in [4.69, 9.17) is 20.1 Å². The maximum atomic E-state index is 9.45. The van der Waals surface area contributed by atoms with Crippen LogP contribution in [-0.4, -0.2) is 40.3 Å². The SMILES string of the molecule is CC(O)C(=O)O.O=CCO. The van der Waals surface area contributed by atoms with Gasteiger partial charge in [0.1, 0.15) is 12.4 Å². The first-order valence-corrected chi connectivity index (χ1v) is 2.51. The van der Waals surface area contributed by atoms with Crippen LogP contribution in [0.25, 0.3) is 0 Å². The van der Waals surface area contributed by atoms with Gasteiger partial charge < -0.3 is 20.1 Å². The van der Waals surface area contributed by atoms with Crippen molar-refractivity contribution in [2.45, 2.75) is 13.0 Å². The molecule has 0 aliphatic rings. The van der Waals surface area contributed by atoms with Crippen molar-refractivity contribution in [3.63, 3.8) is 0 Å². The fourth-order valence-corrected chi connectivity index (χ4v) is 0. The van der Waals surface area contributed by atoms with Gasteiger partial charge >= 0.3 is 5.97 Å². The summed E-state index contributed by atoms with van der Waals surface area (Å²) in [6.45, 7) is 0.836. The number of aliphatic hydroxyl groups excluding tert-OH is 2. The molecule has 0 aromatic heterocycles. The lowest BCUT2D eigenvalue weighted by atomic mass is 10.4. The summed E-state index contributed by atoms with van der Waals surface area (Å²) in [5.74, 6) is -1.19. The molecule has 0 fully saturated rings. The Morgan fingerprint density at radius 3 is 1.90 bits per heavy atom. The molecule has 1 unspecified atom stereocenters. The third kappa shape index (κ3) is 15.7. The molecule has 0 aliphatic heterocycles. The highest BCUT2D eigenvalue weighted by molar-refractivity contribution is 5.71. The predicted octanol–water partition coefficient (Wildman–Crippen LogP) is -1.37. The summed E-state index contributed by atoms with van der Waals surface area (Å²) in [6.07, 6.45) is -0.801. The number of aliphatic carboxylic acids is 1. The average molecular weight is 150 g/mol. The summed E-state index contributed by atoms with van der Waals surface area (Å²) in [6, 6.07) is 0. The van der Waals surface area contributed by atoms with Crippen LogP contribution >= 0.6 is 0 Å². The number of carboxylic acids is 1. The largest absolute Gasteiger partial charge is 0.479 e. The lowest BCUT2D eigenvalue weighted by Crippen LogP contribution is -2.13. The van der Waals surface area contributed by atoms with Crippen molar-refractivity contribution in [3.05, 3.63) is 0 Å². The van der Waals surface area contributed by atoms with Crippen LogP contribution in [0.3, 0.4) is 0 Å². The van der Waals surface area contributed by atoms with E-state index < -0.39 is 12.1 Å². The van der Waals surface area contributed by atoms with Crippen molar-refractivity contribution >= 4 is 12.3 Å². The number of carbonyl (C=O) groups excluding carboxylic acids is 1. The van der Waals surface area contributed by atoms with Gasteiger partial charge in [0.05, 0.1) is 6.61 Å². The molecular weight excluding hydrogens is 140 g/mol. The molecule has 5 heteroatoms. The van der Waals surface area contributed by atoms with Crippen molar-refractivity contribution in [1.29, 1.82) is 0 Å². The molecule has 0 radical (unpaired) electrons. The van der Waals surface area contributed by atoms with Crippen molar-refractivity contribution in [2.75, 3.05) is 6.61 Å². The Balaban J connectivity index is 0. The van der Waals surface area contributed by atoms with E-state index in [1.807, 2.05) is 0 Å². The molecule has 3 N–H and O–H groups in total. The minimum absolute atomic E-state index is 0.361. The minimum Gasteiger partial charge on any atom is -0.479 e. The molecule has 0 spiro atoms. The van der Waals surface area contributed by atoms with E-state index in [-0.39, 0.29) is 6.61 Å². The molecule has 0 heterocycles. The highest BCUT2D eigenvalue weighted by atomic mass is 16.4. The van der Waals surface area contributed by atoms with Gasteiger partial charge in [-0.1, -0.05) is 0 Å². The Hall–Kier alpha value is -0.940. The number of aliphatic hydroxyl groups is 2. The lowest BCUT2D eigenvalue weighted by molar-refractivity contribution is -0.145. The van der Waals surface area contributed by atoms with Gasteiger partial charge in [0.15, 0.2) is 0 Å². The van der Waals surface area contributed by atoms with E-state index in [1.54, 1.807) is 0 Å². The lowest BCUT2D eigenvalue weighted by Gasteiger charge is -1.89. The monoisotopic (exact) mass is 150 g/mol. The Morgan fingerprint density at radius 1 is 1.70 bits per heavy atom. The quantitative estimate of drug-likeness (QED) is 0.422. The maximum absolute atomic E-state index is 9.45. The van der Waals surface area contributed by atoms with Gasteiger partial charge in [-0.2, -0.15) is 0 Å². The van der Waals surface area contributed by atoms with Gasteiger partial charge in [0.25, 0.3) is 0 Å². The van der Waals surface area contributed by atoms with Gasteiger partial charge in [0.2, 0.25) is 0 Å². The zero-order chi connectivity index (χ0) is 8.57. The van der Waals surface area contributed by atoms with Crippen LogP contribution in [0.1, 0.15) is 6.92 Å². The number of aldehydes is 1. The van der Waals surface area contributed by atoms with Crippen LogP contribution < -0.4 is 0 Å². The fraction of sp³-hybridized carbons (Fsp3) is 0.600. The van der Waals surface area contributed by atoms with Crippen LogP contribution in [-0.2, 0) is 9.59 Å². The predicted molar refractivity (Wildman–Crippen MR) is 32.5 cm³/mol. The first-order valence-electron chi connectivity index (χ1n) is 2.51. The second-order valence-corrected chi connectivity index (χ2v) is 1.36. The van der Waals surface area contributed by atoms with Gasteiger partial charge in [-0.25, -0.2) is 4.79 Å². The molecule has 60 valence electrons. The topological polar surface area (TPSA) is 94.8 Å². The zero-order valence-electron chi connectivity index (χ0n) is 5.52. The van der Waals surface area contributed by atoms with Gasteiger partial charge in [0, 0.05) is 0 Å². The molecule has 0 aromatic carbocycles. The molecule has 5 nitrogen and oxygen atoms in total. The molecule has 0 amide bonds. The number of hydrogen-bond acceptors (Lipinski definition) is 4. The van der Waals surface area contributed by atoms with Gasteiger partial charge in [-0.15, -0.1) is 0 Å². The number of carbonyl (C=O) groups is 2. The minimum atomic E-state index is -1.23. The smallest absolute Gasteiger partial charge is 0.332 e. The number of rotatable bonds is 2. The molecule has 1 atom stereocenters. The highest BCUT2D eigenvalue weighted by Gasteiger charge is 2.01. The van der Waals surface area contributed by atoms with E-state index in [9.17, 15) is 4.79 Å². The maximum Gasteiger partial charge on any atom is 0.332 e. The zero-order valence-corrected chi connectivity index (χ0v) is 5.52. The Bertz CT molecular complexity index is 98.2. The third-order valence-electron chi connectivity index (χ3n) is 0.432. The highest BCUT2D eigenvalue weighted by Crippen LogP contribution is 1.73. The molecule has 0 saturated heterocycles. The van der Waals surface area contributed by atoms with E-state index in [1.165, 1.54) is 6.92 Å². The summed E-state index contributed by atoms with van der Waals surface area (Å²) in [7, 11) is 0. The summed E-state index contributed by atoms with van der Waals surface area (Å²) < 4.78 is 0. The van der Waals surface area contributed by atoms with E-state index in [0.717, 1.165) is 0 Å². The first kappa shape index (κ1) is 11.8. The van der Waals surface area contributed by atoms with Gasteiger partial charge in [-0.3, -0.25) is 0 Å². The molecule has 0 aliphatic carbocycles. The van der Waals surface area contributed by atoms with Crippen LogP contribution in [0.4, 0.5) is 0 Å². The Kier molecular flexibility index (Phi) is 9.52. The van der Waals surface area contributed by atoms with E-state index in [0.29, 0.717) is 6.29 Å². The normalized spacial score (nSPS) is 10.7. The van der Waals surface area contributed by atoms with E-state index >= 15 is 0 Å². The van der Waals surface area contributed by atoms with Crippen molar-refractivity contribution in [3.8, 4) is 0 Å². The molecular formula is C5H10O5. The summed E-state index contributed by atoms with van der Waals surface area (Å²) in [4.78, 5) is 18.4. The number of carboxylic acid groups (broad SMARTS) is 1. The van der Waals surface area contributed by atoms with Crippen molar-refractivity contribution in [2.24, 2.45) is 0 Å². The molecule has 0 bridgehead atoms. The van der Waals surface area contributed by atoms with Gasteiger partial charge in [-0.05, 0) is 6.92 Å². The summed E-state index contributed by atoms with van der Waals surface area (Å²) >= 11 is 0.